The second kappa shape index (κ2) is 3.88. The van der Waals surface area contributed by atoms with Crippen LogP contribution in [-0.2, 0) is 0 Å². The van der Waals surface area contributed by atoms with E-state index in [0.29, 0.717) is 0 Å². The van der Waals surface area contributed by atoms with Gasteiger partial charge < -0.3 is 11.2 Å². The zero-order valence-corrected chi connectivity index (χ0v) is 8.05. The number of rotatable bonds is 2. The Labute approximate surface area is 86.9 Å². The highest BCUT2D eigenvalue weighted by Crippen LogP contribution is 2.13. The van der Waals surface area contributed by atoms with Crippen LogP contribution in [0.15, 0.2) is 53.5 Å². The van der Waals surface area contributed by atoms with Crippen LogP contribution in [-0.4, -0.2) is 4.68 Å². The summed E-state index contributed by atoms with van der Waals surface area (Å²) in [4.78, 5) is 11.0. The Morgan fingerprint density at radius 1 is 1.00 bits per heavy atom. The third-order valence-electron chi connectivity index (χ3n) is 2.00. The van der Waals surface area contributed by atoms with Gasteiger partial charge in [-0.2, -0.15) is 0 Å². The van der Waals surface area contributed by atoms with Crippen LogP contribution in [0.5, 0.6) is 0 Å². The van der Waals surface area contributed by atoms with Gasteiger partial charge in [-0.15, -0.1) is 0 Å². The number of nitrogen functional groups attached to an aromatic ring is 1. The van der Waals surface area contributed by atoms with Gasteiger partial charge in [-0.3, -0.25) is 4.79 Å². The Hall–Kier alpha value is -2.23. The number of anilines is 2. The number of hydrogen-bond donors (Lipinski definition) is 2. The monoisotopic (exact) mass is 201 g/mol. The lowest BCUT2D eigenvalue weighted by molar-refractivity contribution is 0.939. The SMILES string of the molecule is Nn1cc(Nc2ccccc2)ccc1=O. The van der Waals surface area contributed by atoms with Gasteiger partial charge in [0.05, 0.1) is 11.9 Å². The van der Waals surface area contributed by atoms with Crippen molar-refractivity contribution < 1.29 is 0 Å². The molecule has 0 aliphatic carbocycles. The van der Waals surface area contributed by atoms with Gasteiger partial charge in [0.2, 0.25) is 0 Å². The van der Waals surface area contributed by atoms with E-state index in [1.54, 1.807) is 12.3 Å². The van der Waals surface area contributed by atoms with Crippen molar-refractivity contribution in [2.45, 2.75) is 0 Å². The van der Waals surface area contributed by atoms with Crippen molar-refractivity contribution in [3.63, 3.8) is 0 Å². The first-order valence-corrected chi connectivity index (χ1v) is 4.55. The number of nitrogens with two attached hydrogens (primary N) is 1. The van der Waals surface area contributed by atoms with Crippen molar-refractivity contribution in [2.24, 2.45) is 0 Å². The second-order valence-electron chi connectivity index (χ2n) is 3.15. The summed E-state index contributed by atoms with van der Waals surface area (Å²) in [5, 5.41) is 3.13. The molecule has 0 unspecified atom stereocenters. The standard InChI is InChI=1S/C11H11N3O/c12-14-8-10(6-7-11(14)15)13-9-4-2-1-3-5-9/h1-8,13H,12H2. The van der Waals surface area contributed by atoms with E-state index in [2.05, 4.69) is 5.32 Å². The molecular formula is C11H11N3O. The molecule has 0 fully saturated rings. The zero-order chi connectivity index (χ0) is 10.7. The lowest BCUT2D eigenvalue weighted by Gasteiger charge is -2.06. The maximum Gasteiger partial charge on any atom is 0.268 e. The van der Waals surface area contributed by atoms with E-state index in [1.165, 1.54) is 6.07 Å². The summed E-state index contributed by atoms with van der Waals surface area (Å²) in [6.45, 7) is 0. The second-order valence-corrected chi connectivity index (χ2v) is 3.15. The Morgan fingerprint density at radius 3 is 2.40 bits per heavy atom. The zero-order valence-electron chi connectivity index (χ0n) is 8.05. The summed E-state index contributed by atoms with van der Waals surface area (Å²) < 4.78 is 1.05. The average Bonchev–Trinajstić information content (AvgIpc) is 2.25. The molecule has 15 heavy (non-hydrogen) atoms. The molecular weight excluding hydrogens is 190 g/mol. The van der Waals surface area contributed by atoms with Crippen LogP contribution in [0.2, 0.25) is 0 Å². The van der Waals surface area contributed by atoms with Crippen LogP contribution >= 0.6 is 0 Å². The van der Waals surface area contributed by atoms with Gasteiger partial charge in [0.15, 0.2) is 0 Å². The Kier molecular flexibility index (Phi) is 2.41. The third-order valence-corrected chi connectivity index (χ3v) is 2.00. The van der Waals surface area contributed by atoms with Gasteiger partial charge in [-0.1, -0.05) is 18.2 Å². The van der Waals surface area contributed by atoms with Crippen molar-refractivity contribution in [3.05, 3.63) is 59.0 Å². The van der Waals surface area contributed by atoms with E-state index in [9.17, 15) is 4.79 Å². The minimum atomic E-state index is -0.228. The Balaban J connectivity index is 2.26. The fraction of sp³-hybridized carbons (Fsp3) is 0. The van der Waals surface area contributed by atoms with E-state index in [0.717, 1.165) is 16.1 Å². The van der Waals surface area contributed by atoms with Crippen molar-refractivity contribution in [1.29, 1.82) is 0 Å². The van der Waals surface area contributed by atoms with Crippen LogP contribution in [0.3, 0.4) is 0 Å². The van der Waals surface area contributed by atoms with Gasteiger partial charge >= 0.3 is 0 Å². The molecule has 0 spiro atoms. The molecule has 4 heteroatoms. The third kappa shape index (κ3) is 2.17. The molecule has 1 aromatic heterocycles. The average molecular weight is 201 g/mol. The fourth-order valence-corrected chi connectivity index (χ4v) is 1.27. The highest BCUT2D eigenvalue weighted by Gasteiger charge is 1.95. The summed E-state index contributed by atoms with van der Waals surface area (Å²) in [5.41, 5.74) is 1.51. The minimum Gasteiger partial charge on any atom is -0.354 e. The van der Waals surface area contributed by atoms with E-state index in [-0.39, 0.29) is 5.56 Å². The molecule has 1 heterocycles. The molecule has 76 valence electrons. The van der Waals surface area contributed by atoms with Crippen molar-refractivity contribution in [2.75, 3.05) is 11.2 Å². The van der Waals surface area contributed by atoms with Crippen molar-refractivity contribution in [1.82, 2.24) is 4.68 Å². The normalized spacial score (nSPS) is 9.87. The van der Waals surface area contributed by atoms with Crippen LogP contribution in [0.1, 0.15) is 0 Å². The van der Waals surface area contributed by atoms with Gasteiger partial charge in [0, 0.05) is 11.8 Å². The molecule has 0 aliphatic heterocycles. The van der Waals surface area contributed by atoms with Crippen LogP contribution in [0.4, 0.5) is 11.4 Å². The van der Waals surface area contributed by atoms with Crippen LogP contribution in [0, 0.1) is 0 Å². The topological polar surface area (TPSA) is 60.0 Å². The van der Waals surface area contributed by atoms with Crippen molar-refractivity contribution in [3.8, 4) is 0 Å². The Bertz CT molecular complexity index is 505. The number of aromatic nitrogens is 1. The molecule has 0 atom stereocenters. The summed E-state index contributed by atoms with van der Waals surface area (Å²) in [6, 6.07) is 12.8. The van der Waals surface area contributed by atoms with Gasteiger partial charge in [0.25, 0.3) is 5.56 Å². The molecule has 2 aromatic rings. The number of nitrogens with zero attached hydrogens (tertiary/aromatic N) is 1. The van der Waals surface area contributed by atoms with E-state index in [1.807, 2.05) is 30.3 Å². The maximum absolute atomic E-state index is 11.0. The number of para-hydroxylation sites is 1. The largest absolute Gasteiger partial charge is 0.354 e. The summed E-state index contributed by atoms with van der Waals surface area (Å²) in [7, 11) is 0. The molecule has 0 saturated carbocycles. The summed E-state index contributed by atoms with van der Waals surface area (Å²) in [6.07, 6.45) is 1.55. The predicted octanol–water partition coefficient (Wildman–Crippen LogP) is 1.31. The minimum absolute atomic E-state index is 0.228. The fourth-order valence-electron chi connectivity index (χ4n) is 1.27. The van der Waals surface area contributed by atoms with Crippen LogP contribution in [0.25, 0.3) is 0 Å². The lowest BCUT2D eigenvalue weighted by atomic mass is 10.3. The quantitative estimate of drug-likeness (QED) is 0.720. The molecule has 0 amide bonds. The molecule has 4 nitrogen and oxygen atoms in total. The highest BCUT2D eigenvalue weighted by molar-refractivity contribution is 5.58. The number of benzene rings is 1. The number of pyridine rings is 1. The highest BCUT2D eigenvalue weighted by atomic mass is 16.1. The Morgan fingerprint density at radius 2 is 1.73 bits per heavy atom. The van der Waals surface area contributed by atoms with E-state index >= 15 is 0 Å². The first-order chi connectivity index (χ1) is 7.25. The number of hydrogen-bond acceptors (Lipinski definition) is 3. The molecule has 0 radical (unpaired) electrons. The number of nitrogens with one attached hydrogen (secondary N) is 1. The molecule has 0 saturated heterocycles. The predicted molar refractivity (Wildman–Crippen MR) is 60.6 cm³/mol. The molecule has 0 aliphatic rings. The molecule has 2 rings (SSSR count). The van der Waals surface area contributed by atoms with Gasteiger partial charge in [-0.05, 0) is 18.2 Å². The van der Waals surface area contributed by atoms with Crippen molar-refractivity contribution >= 4 is 11.4 Å². The first kappa shape index (κ1) is 9.33. The molecule has 3 N–H and O–H groups in total. The summed E-state index contributed by atoms with van der Waals surface area (Å²) >= 11 is 0. The maximum atomic E-state index is 11.0. The summed E-state index contributed by atoms with van der Waals surface area (Å²) in [5.74, 6) is 5.44. The first-order valence-electron chi connectivity index (χ1n) is 4.55. The molecule has 0 bridgehead atoms. The van der Waals surface area contributed by atoms with E-state index < -0.39 is 0 Å². The lowest BCUT2D eigenvalue weighted by Crippen LogP contribution is -2.25. The van der Waals surface area contributed by atoms with Gasteiger partial charge in [0.1, 0.15) is 0 Å². The van der Waals surface area contributed by atoms with Gasteiger partial charge in [-0.25, -0.2) is 4.68 Å². The van der Waals surface area contributed by atoms with E-state index in [4.69, 9.17) is 5.84 Å². The molecule has 1 aromatic carbocycles. The smallest absolute Gasteiger partial charge is 0.268 e. The van der Waals surface area contributed by atoms with Crippen LogP contribution < -0.4 is 16.7 Å².